The third kappa shape index (κ3) is 4.73. The molecule has 20 heavy (non-hydrogen) atoms. The van der Waals surface area contributed by atoms with Gasteiger partial charge in [-0.1, -0.05) is 27.2 Å². The van der Waals surface area contributed by atoms with Crippen molar-refractivity contribution in [3.63, 3.8) is 0 Å². The van der Waals surface area contributed by atoms with Gasteiger partial charge in [-0.2, -0.15) is 0 Å². The Morgan fingerprint density at radius 1 is 1.45 bits per heavy atom. The van der Waals surface area contributed by atoms with Crippen LogP contribution >= 0.6 is 15.9 Å². The van der Waals surface area contributed by atoms with Gasteiger partial charge >= 0.3 is 0 Å². The van der Waals surface area contributed by atoms with Gasteiger partial charge in [0, 0.05) is 23.1 Å². The number of morpholine rings is 1. The van der Waals surface area contributed by atoms with Gasteiger partial charge < -0.3 is 15.3 Å². The molecule has 7 heteroatoms. The number of rotatable bonds is 5. The molecule has 0 spiro atoms. The summed E-state index contributed by atoms with van der Waals surface area (Å²) >= 11 is 3.27. The van der Waals surface area contributed by atoms with E-state index in [2.05, 4.69) is 26.0 Å². The molecule has 0 bridgehead atoms. The van der Waals surface area contributed by atoms with Crippen LogP contribution in [-0.4, -0.2) is 43.6 Å². The number of benzene rings is 1. The van der Waals surface area contributed by atoms with Gasteiger partial charge in [0.25, 0.3) is 0 Å². The summed E-state index contributed by atoms with van der Waals surface area (Å²) in [6.45, 7) is 3.94. The Bertz CT molecular complexity index is 479. The van der Waals surface area contributed by atoms with Crippen LogP contribution in [0.1, 0.15) is 5.56 Å². The molecule has 0 aromatic heterocycles. The van der Waals surface area contributed by atoms with Crippen molar-refractivity contribution in [3.8, 4) is 0 Å². The third-order valence-electron chi connectivity index (χ3n) is 2.91. The number of halogens is 2. The van der Waals surface area contributed by atoms with E-state index in [4.69, 9.17) is 15.3 Å². The summed E-state index contributed by atoms with van der Waals surface area (Å²) in [6, 6.07) is 4.41. The lowest BCUT2D eigenvalue weighted by Crippen LogP contribution is -2.41. The van der Waals surface area contributed by atoms with Gasteiger partial charge in [-0.05, 0) is 12.1 Å². The standard InChI is InChI=1S/C13H17BrFN3O2/c14-12-7-11(15)2-1-10(12)9-20-17-13(16)8-18-3-5-19-6-4-18/h1-2,7H,3-6,8-9H2,(H2,16,17). The molecule has 0 saturated carbocycles. The topological polar surface area (TPSA) is 60.1 Å². The Hall–Kier alpha value is -1.18. The maximum atomic E-state index is 12.9. The zero-order valence-electron chi connectivity index (χ0n) is 11.0. The minimum absolute atomic E-state index is 0.241. The van der Waals surface area contributed by atoms with E-state index in [0.717, 1.165) is 31.9 Å². The van der Waals surface area contributed by atoms with E-state index in [1.54, 1.807) is 6.07 Å². The highest BCUT2D eigenvalue weighted by atomic mass is 79.9. The van der Waals surface area contributed by atoms with Crippen molar-refractivity contribution in [3.05, 3.63) is 34.1 Å². The Morgan fingerprint density at radius 3 is 2.90 bits per heavy atom. The van der Waals surface area contributed by atoms with Crippen LogP contribution in [0.15, 0.2) is 27.8 Å². The van der Waals surface area contributed by atoms with Gasteiger partial charge in [0.05, 0.1) is 19.8 Å². The van der Waals surface area contributed by atoms with E-state index in [1.165, 1.54) is 12.1 Å². The monoisotopic (exact) mass is 345 g/mol. The van der Waals surface area contributed by atoms with Gasteiger partial charge in [-0.15, -0.1) is 0 Å². The molecule has 1 aliphatic heterocycles. The number of oxime groups is 1. The molecule has 0 unspecified atom stereocenters. The van der Waals surface area contributed by atoms with Crippen molar-refractivity contribution in [2.24, 2.45) is 10.9 Å². The normalized spacial score (nSPS) is 17.2. The number of nitrogens with zero attached hydrogens (tertiary/aromatic N) is 2. The van der Waals surface area contributed by atoms with Crippen LogP contribution in [0.2, 0.25) is 0 Å². The summed E-state index contributed by atoms with van der Waals surface area (Å²) in [5, 5.41) is 3.87. The molecule has 1 heterocycles. The fourth-order valence-corrected chi connectivity index (χ4v) is 2.31. The van der Waals surface area contributed by atoms with E-state index in [0.29, 0.717) is 16.9 Å². The molecule has 5 nitrogen and oxygen atoms in total. The van der Waals surface area contributed by atoms with E-state index in [-0.39, 0.29) is 12.4 Å². The Labute approximate surface area is 125 Å². The number of ether oxygens (including phenoxy) is 1. The smallest absolute Gasteiger partial charge is 0.153 e. The quantitative estimate of drug-likeness (QED) is 0.501. The van der Waals surface area contributed by atoms with Crippen LogP contribution in [-0.2, 0) is 16.2 Å². The summed E-state index contributed by atoms with van der Waals surface area (Å²) in [5.74, 6) is 0.126. The van der Waals surface area contributed by atoms with E-state index in [9.17, 15) is 4.39 Å². The fourth-order valence-electron chi connectivity index (χ4n) is 1.84. The lowest BCUT2D eigenvalue weighted by Gasteiger charge is -2.25. The second-order valence-corrected chi connectivity index (χ2v) is 5.33. The Kier molecular flexibility index (Phi) is 5.75. The summed E-state index contributed by atoms with van der Waals surface area (Å²) in [7, 11) is 0. The maximum absolute atomic E-state index is 12.9. The first-order valence-corrected chi connectivity index (χ1v) is 7.13. The fraction of sp³-hybridized carbons (Fsp3) is 0.462. The van der Waals surface area contributed by atoms with E-state index >= 15 is 0 Å². The minimum atomic E-state index is -0.295. The molecule has 0 atom stereocenters. The number of hydrogen-bond donors (Lipinski definition) is 1. The highest BCUT2D eigenvalue weighted by Gasteiger charge is 2.11. The maximum Gasteiger partial charge on any atom is 0.153 e. The van der Waals surface area contributed by atoms with Crippen molar-refractivity contribution in [1.29, 1.82) is 0 Å². The summed E-state index contributed by atoms with van der Waals surface area (Å²) in [4.78, 5) is 7.35. The highest BCUT2D eigenvalue weighted by molar-refractivity contribution is 9.10. The second kappa shape index (κ2) is 7.56. The minimum Gasteiger partial charge on any atom is -0.389 e. The predicted molar refractivity (Wildman–Crippen MR) is 77.8 cm³/mol. The highest BCUT2D eigenvalue weighted by Crippen LogP contribution is 2.18. The molecule has 2 rings (SSSR count). The van der Waals surface area contributed by atoms with Gasteiger partial charge in [0.2, 0.25) is 0 Å². The molecule has 0 radical (unpaired) electrons. The SMILES string of the molecule is NC(CN1CCOCC1)=NOCc1ccc(F)cc1Br. The van der Waals surface area contributed by atoms with E-state index < -0.39 is 0 Å². The first-order valence-electron chi connectivity index (χ1n) is 6.33. The number of nitrogens with two attached hydrogens (primary N) is 1. The zero-order chi connectivity index (χ0) is 14.4. The molecule has 1 saturated heterocycles. The van der Waals surface area contributed by atoms with Crippen molar-refractivity contribution in [2.75, 3.05) is 32.8 Å². The number of hydrogen-bond acceptors (Lipinski definition) is 4. The van der Waals surface area contributed by atoms with Gasteiger partial charge in [0.1, 0.15) is 12.4 Å². The molecule has 2 N–H and O–H groups in total. The average molecular weight is 346 g/mol. The van der Waals surface area contributed by atoms with Crippen molar-refractivity contribution in [2.45, 2.75) is 6.61 Å². The molecular formula is C13H17BrFN3O2. The van der Waals surface area contributed by atoms with E-state index in [1.807, 2.05) is 0 Å². The lowest BCUT2D eigenvalue weighted by molar-refractivity contribution is 0.0443. The average Bonchev–Trinajstić information content (AvgIpc) is 2.42. The van der Waals surface area contributed by atoms with Crippen molar-refractivity contribution < 1.29 is 14.0 Å². The molecule has 0 amide bonds. The Morgan fingerprint density at radius 2 is 2.20 bits per heavy atom. The second-order valence-electron chi connectivity index (χ2n) is 4.48. The first kappa shape index (κ1) is 15.2. The zero-order valence-corrected chi connectivity index (χ0v) is 12.6. The third-order valence-corrected chi connectivity index (χ3v) is 3.64. The van der Waals surface area contributed by atoms with Crippen LogP contribution in [0.4, 0.5) is 4.39 Å². The Balaban J connectivity index is 1.79. The van der Waals surface area contributed by atoms with Crippen LogP contribution in [0.3, 0.4) is 0 Å². The molecular weight excluding hydrogens is 329 g/mol. The summed E-state index contributed by atoms with van der Waals surface area (Å²) in [6.07, 6.45) is 0. The van der Waals surface area contributed by atoms with Crippen molar-refractivity contribution >= 4 is 21.8 Å². The van der Waals surface area contributed by atoms with Crippen molar-refractivity contribution in [1.82, 2.24) is 4.90 Å². The summed E-state index contributed by atoms with van der Waals surface area (Å²) in [5.41, 5.74) is 6.62. The molecule has 0 aliphatic carbocycles. The molecule has 1 aliphatic rings. The van der Waals surface area contributed by atoms with Gasteiger partial charge in [-0.25, -0.2) is 4.39 Å². The van der Waals surface area contributed by atoms with Crippen LogP contribution in [0.25, 0.3) is 0 Å². The molecule has 1 fully saturated rings. The summed E-state index contributed by atoms with van der Waals surface area (Å²) < 4.78 is 18.8. The molecule has 1 aromatic carbocycles. The largest absolute Gasteiger partial charge is 0.389 e. The first-order chi connectivity index (χ1) is 9.65. The van der Waals surface area contributed by atoms with Gasteiger partial charge in [0.15, 0.2) is 5.84 Å². The molecule has 110 valence electrons. The van der Waals surface area contributed by atoms with Crippen LogP contribution < -0.4 is 5.73 Å². The number of amidine groups is 1. The molecule has 1 aromatic rings. The van der Waals surface area contributed by atoms with Crippen LogP contribution in [0, 0.1) is 5.82 Å². The predicted octanol–water partition coefficient (Wildman–Crippen LogP) is 1.71. The lowest BCUT2D eigenvalue weighted by atomic mass is 10.2. The van der Waals surface area contributed by atoms with Crippen LogP contribution in [0.5, 0.6) is 0 Å². The van der Waals surface area contributed by atoms with Gasteiger partial charge in [-0.3, -0.25) is 4.90 Å².